The summed E-state index contributed by atoms with van der Waals surface area (Å²) in [4.78, 5) is 29.1. The smallest absolute Gasteiger partial charge is 0.272 e. The summed E-state index contributed by atoms with van der Waals surface area (Å²) in [6.45, 7) is 2.37. The monoisotopic (exact) mass is 358 g/mol. The van der Waals surface area contributed by atoms with Crippen LogP contribution in [0, 0.1) is 11.6 Å². The molecule has 0 fully saturated rings. The molecule has 0 atom stereocenters. The molecule has 3 aromatic rings. The van der Waals surface area contributed by atoms with Crippen LogP contribution in [-0.2, 0) is 0 Å². The van der Waals surface area contributed by atoms with E-state index in [1.54, 1.807) is 24.4 Å². The Bertz CT molecular complexity index is 984. The van der Waals surface area contributed by atoms with Gasteiger partial charge in [-0.05, 0) is 30.7 Å². The van der Waals surface area contributed by atoms with E-state index in [0.29, 0.717) is 18.3 Å². The third-order valence-electron chi connectivity index (χ3n) is 3.69. The number of nitrogens with zero attached hydrogens (tertiary/aromatic N) is 2. The van der Waals surface area contributed by atoms with Crippen molar-refractivity contribution < 1.29 is 18.4 Å². The molecule has 0 aliphatic carbocycles. The standard InChI is InChI=1S/C18H16F2N4O2/c1-2-8-21-18(26)15-16(22-14-5-3-4-9-24(14)15)23-17(25)12-7-6-11(19)10-13(12)20/h3-7,9-10H,2,8H2,1H3,(H,21,26)(H,23,25). The second kappa shape index (κ2) is 7.30. The number of benzene rings is 1. The van der Waals surface area contributed by atoms with E-state index in [9.17, 15) is 18.4 Å². The lowest BCUT2D eigenvalue weighted by molar-refractivity contribution is 0.0949. The maximum absolute atomic E-state index is 13.8. The maximum Gasteiger partial charge on any atom is 0.272 e. The molecular formula is C18H16F2N4O2. The van der Waals surface area contributed by atoms with E-state index in [2.05, 4.69) is 15.6 Å². The van der Waals surface area contributed by atoms with Crippen molar-refractivity contribution in [3.63, 3.8) is 0 Å². The van der Waals surface area contributed by atoms with Crippen molar-refractivity contribution >= 4 is 23.3 Å². The third-order valence-corrected chi connectivity index (χ3v) is 3.69. The lowest BCUT2D eigenvalue weighted by Gasteiger charge is -2.08. The molecule has 3 rings (SSSR count). The van der Waals surface area contributed by atoms with E-state index in [4.69, 9.17) is 0 Å². The van der Waals surface area contributed by atoms with Gasteiger partial charge in [-0.1, -0.05) is 13.0 Å². The highest BCUT2D eigenvalue weighted by molar-refractivity contribution is 6.08. The van der Waals surface area contributed by atoms with Crippen LogP contribution in [0.3, 0.4) is 0 Å². The quantitative estimate of drug-likeness (QED) is 0.736. The van der Waals surface area contributed by atoms with Crippen LogP contribution in [0.4, 0.5) is 14.6 Å². The first kappa shape index (κ1) is 17.5. The summed E-state index contributed by atoms with van der Waals surface area (Å²) in [5, 5.41) is 5.16. The molecule has 0 aliphatic heterocycles. The number of rotatable bonds is 5. The molecule has 0 unspecified atom stereocenters. The first-order chi connectivity index (χ1) is 12.5. The highest BCUT2D eigenvalue weighted by atomic mass is 19.1. The Hall–Kier alpha value is -3.29. The average Bonchev–Trinajstić information content (AvgIpc) is 2.97. The number of amides is 2. The lowest BCUT2D eigenvalue weighted by atomic mass is 10.2. The van der Waals surface area contributed by atoms with E-state index >= 15 is 0 Å². The van der Waals surface area contributed by atoms with Crippen LogP contribution in [-0.4, -0.2) is 27.7 Å². The van der Waals surface area contributed by atoms with Crippen LogP contribution >= 0.6 is 0 Å². The zero-order chi connectivity index (χ0) is 18.7. The number of anilines is 1. The van der Waals surface area contributed by atoms with Gasteiger partial charge in [0, 0.05) is 18.8 Å². The van der Waals surface area contributed by atoms with Crippen molar-refractivity contribution in [1.29, 1.82) is 0 Å². The Labute approximate surface area is 147 Å². The minimum atomic E-state index is -0.997. The molecule has 0 saturated heterocycles. The van der Waals surface area contributed by atoms with Gasteiger partial charge in [0.25, 0.3) is 11.8 Å². The van der Waals surface area contributed by atoms with Gasteiger partial charge in [-0.25, -0.2) is 13.8 Å². The summed E-state index contributed by atoms with van der Waals surface area (Å²) in [5.74, 6) is -3.02. The number of imidazole rings is 1. The Morgan fingerprint density at radius 1 is 1.15 bits per heavy atom. The SMILES string of the molecule is CCCNC(=O)c1c(NC(=O)c2ccc(F)cc2F)nc2ccccn12. The Morgan fingerprint density at radius 3 is 2.69 bits per heavy atom. The van der Waals surface area contributed by atoms with E-state index < -0.39 is 23.4 Å². The van der Waals surface area contributed by atoms with Crippen molar-refractivity contribution in [2.75, 3.05) is 11.9 Å². The summed E-state index contributed by atoms with van der Waals surface area (Å²) in [6.07, 6.45) is 2.38. The van der Waals surface area contributed by atoms with Gasteiger partial charge in [0.05, 0.1) is 5.56 Å². The van der Waals surface area contributed by atoms with Crippen LogP contribution in [0.25, 0.3) is 5.65 Å². The number of pyridine rings is 1. The number of halogens is 2. The van der Waals surface area contributed by atoms with E-state index in [1.807, 2.05) is 6.92 Å². The van der Waals surface area contributed by atoms with Gasteiger partial charge in [0.1, 0.15) is 17.3 Å². The summed E-state index contributed by atoms with van der Waals surface area (Å²) in [5.41, 5.74) is 0.234. The summed E-state index contributed by atoms with van der Waals surface area (Å²) >= 11 is 0. The zero-order valence-corrected chi connectivity index (χ0v) is 13.9. The van der Waals surface area contributed by atoms with Gasteiger partial charge in [0.2, 0.25) is 0 Å². The summed E-state index contributed by atoms with van der Waals surface area (Å²) in [6, 6.07) is 7.76. The molecule has 2 amide bonds. The van der Waals surface area contributed by atoms with Gasteiger partial charge in [-0.15, -0.1) is 0 Å². The van der Waals surface area contributed by atoms with E-state index in [1.165, 1.54) is 4.40 Å². The molecule has 0 radical (unpaired) electrons. The predicted molar refractivity (Wildman–Crippen MR) is 92.1 cm³/mol. The number of fused-ring (bicyclic) bond motifs is 1. The Morgan fingerprint density at radius 2 is 1.96 bits per heavy atom. The minimum Gasteiger partial charge on any atom is -0.351 e. The number of hydrogen-bond donors (Lipinski definition) is 2. The van der Waals surface area contributed by atoms with Crippen molar-refractivity contribution in [2.45, 2.75) is 13.3 Å². The van der Waals surface area contributed by atoms with Crippen LogP contribution < -0.4 is 10.6 Å². The van der Waals surface area contributed by atoms with Gasteiger partial charge in [0.15, 0.2) is 11.5 Å². The van der Waals surface area contributed by atoms with Crippen LogP contribution in [0.5, 0.6) is 0 Å². The number of carbonyl (C=O) groups excluding carboxylic acids is 2. The molecule has 0 saturated carbocycles. The van der Waals surface area contributed by atoms with Crippen molar-refractivity contribution in [3.05, 3.63) is 65.5 Å². The van der Waals surface area contributed by atoms with Gasteiger partial charge in [-0.3, -0.25) is 14.0 Å². The van der Waals surface area contributed by atoms with Gasteiger partial charge in [-0.2, -0.15) is 0 Å². The molecule has 2 aromatic heterocycles. The molecule has 0 spiro atoms. The average molecular weight is 358 g/mol. The topological polar surface area (TPSA) is 75.5 Å². The molecule has 0 bridgehead atoms. The summed E-state index contributed by atoms with van der Waals surface area (Å²) < 4.78 is 28.4. The van der Waals surface area contributed by atoms with Crippen LogP contribution in [0.1, 0.15) is 34.2 Å². The van der Waals surface area contributed by atoms with Crippen LogP contribution in [0.15, 0.2) is 42.6 Å². The Balaban J connectivity index is 1.98. The minimum absolute atomic E-state index is 0.00136. The molecule has 6 nitrogen and oxygen atoms in total. The highest BCUT2D eigenvalue weighted by Crippen LogP contribution is 2.19. The molecule has 2 heterocycles. The molecule has 2 N–H and O–H groups in total. The molecule has 26 heavy (non-hydrogen) atoms. The maximum atomic E-state index is 13.8. The number of aromatic nitrogens is 2. The summed E-state index contributed by atoms with van der Waals surface area (Å²) in [7, 11) is 0. The fourth-order valence-electron chi connectivity index (χ4n) is 2.47. The molecule has 134 valence electrons. The molecule has 0 aliphatic rings. The first-order valence-electron chi connectivity index (χ1n) is 8.03. The van der Waals surface area contributed by atoms with Crippen molar-refractivity contribution in [3.8, 4) is 0 Å². The zero-order valence-electron chi connectivity index (χ0n) is 13.9. The Kier molecular flexibility index (Phi) is 4.92. The molecule has 1 aromatic carbocycles. The fourth-order valence-corrected chi connectivity index (χ4v) is 2.47. The van der Waals surface area contributed by atoms with Gasteiger partial charge < -0.3 is 10.6 Å². The fraction of sp³-hybridized carbons (Fsp3) is 0.167. The third kappa shape index (κ3) is 3.39. The highest BCUT2D eigenvalue weighted by Gasteiger charge is 2.22. The van der Waals surface area contributed by atoms with E-state index in [0.717, 1.165) is 18.6 Å². The van der Waals surface area contributed by atoms with Crippen molar-refractivity contribution in [2.24, 2.45) is 0 Å². The lowest BCUT2D eigenvalue weighted by Crippen LogP contribution is -2.27. The van der Waals surface area contributed by atoms with E-state index in [-0.39, 0.29) is 17.1 Å². The number of hydrogen-bond acceptors (Lipinski definition) is 3. The normalized spacial score (nSPS) is 10.7. The molecule has 8 heteroatoms. The number of carbonyl (C=O) groups is 2. The second-order valence-electron chi connectivity index (χ2n) is 5.57. The second-order valence-corrected chi connectivity index (χ2v) is 5.57. The van der Waals surface area contributed by atoms with Gasteiger partial charge >= 0.3 is 0 Å². The van der Waals surface area contributed by atoms with Crippen molar-refractivity contribution in [1.82, 2.24) is 14.7 Å². The molecular weight excluding hydrogens is 342 g/mol. The van der Waals surface area contributed by atoms with Crippen LogP contribution in [0.2, 0.25) is 0 Å². The predicted octanol–water partition coefficient (Wildman–Crippen LogP) is 3.00. The first-order valence-corrected chi connectivity index (χ1v) is 8.03. The number of nitrogens with one attached hydrogen (secondary N) is 2. The largest absolute Gasteiger partial charge is 0.351 e.